The van der Waals surface area contributed by atoms with Crippen LogP contribution < -0.4 is 20.7 Å². The van der Waals surface area contributed by atoms with Gasteiger partial charge in [0, 0.05) is 35.4 Å². The molecule has 2 rings (SSSR count). The van der Waals surface area contributed by atoms with Crippen molar-refractivity contribution in [2.45, 2.75) is 6.42 Å². The molecule has 0 bridgehead atoms. The van der Waals surface area contributed by atoms with Gasteiger partial charge in [-0.15, -0.1) is 0 Å². The Bertz CT molecular complexity index is 860. The van der Waals surface area contributed by atoms with E-state index in [4.69, 9.17) is 27.9 Å². The third kappa shape index (κ3) is 7.46. The lowest BCUT2D eigenvalue weighted by molar-refractivity contribution is -0.123. The summed E-state index contributed by atoms with van der Waals surface area (Å²) in [7, 11) is 0. The molecule has 2 aromatic rings. The largest absolute Gasteiger partial charge is 0.484 e. The van der Waals surface area contributed by atoms with Crippen molar-refractivity contribution in [3.8, 4) is 5.75 Å². The van der Waals surface area contributed by atoms with Gasteiger partial charge >= 0.3 is 6.03 Å². The van der Waals surface area contributed by atoms with E-state index in [-0.39, 0.29) is 23.9 Å². The fourth-order valence-corrected chi connectivity index (χ4v) is 2.28. The maximum absolute atomic E-state index is 13.3. The second-order valence-electron chi connectivity index (χ2n) is 5.65. The van der Waals surface area contributed by atoms with Gasteiger partial charge in [-0.1, -0.05) is 29.8 Å². The number of rotatable bonds is 8. The first-order valence-corrected chi connectivity index (χ1v) is 8.95. The minimum absolute atomic E-state index is 0.0251. The summed E-state index contributed by atoms with van der Waals surface area (Å²) in [6.07, 6.45) is 0.329. The molecule has 0 radical (unpaired) electrons. The molecule has 2 aromatic carbocycles. The van der Waals surface area contributed by atoms with Crippen LogP contribution in [0.2, 0.25) is 10.0 Å². The van der Waals surface area contributed by atoms with Crippen molar-refractivity contribution in [2.24, 2.45) is 0 Å². The lowest BCUT2D eigenvalue weighted by Gasteiger charge is -2.11. The van der Waals surface area contributed by atoms with E-state index >= 15 is 0 Å². The molecule has 0 unspecified atom stereocenters. The molecular formula is C19H18Cl2FN3O3. The predicted octanol–water partition coefficient (Wildman–Crippen LogP) is 4.35. The van der Waals surface area contributed by atoms with Gasteiger partial charge in [-0.3, -0.25) is 4.79 Å². The lowest BCUT2D eigenvalue weighted by Crippen LogP contribution is -2.32. The number of ether oxygens (including phenoxy) is 1. The number of hydrogen-bond acceptors (Lipinski definition) is 3. The molecule has 9 heteroatoms. The van der Waals surface area contributed by atoms with Crippen LogP contribution in [0.4, 0.5) is 14.9 Å². The van der Waals surface area contributed by atoms with E-state index < -0.39 is 17.8 Å². The topological polar surface area (TPSA) is 79.5 Å². The smallest absolute Gasteiger partial charge is 0.323 e. The molecular weight excluding hydrogens is 408 g/mol. The summed E-state index contributed by atoms with van der Waals surface area (Å²) in [5.41, 5.74) is 1.01. The zero-order valence-electron chi connectivity index (χ0n) is 14.7. The van der Waals surface area contributed by atoms with E-state index in [1.807, 2.05) is 0 Å². The molecule has 0 saturated heterocycles. The van der Waals surface area contributed by atoms with Gasteiger partial charge in [-0.25, -0.2) is 9.18 Å². The number of halogens is 3. The van der Waals surface area contributed by atoms with Crippen molar-refractivity contribution in [1.82, 2.24) is 10.6 Å². The minimum Gasteiger partial charge on any atom is -0.484 e. The second kappa shape index (κ2) is 10.5. The Morgan fingerprint density at radius 3 is 2.50 bits per heavy atom. The maximum Gasteiger partial charge on any atom is 0.323 e. The number of benzene rings is 2. The first kappa shape index (κ1) is 21.5. The molecule has 6 nitrogen and oxygen atoms in total. The van der Waals surface area contributed by atoms with Gasteiger partial charge in [0.05, 0.1) is 5.02 Å². The average molecular weight is 426 g/mol. The van der Waals surface area contributed by atoms with Crippen molar-refractivity contribution in [3.05, 3.63) is 70.6 Å². The van der Waals surface area contributed by atoms with Gasteiger partial charge in [0.15, 0.2) is 6.61 Å². The summed E-state index contributed by atoms with van der Waals surface area (Å²) in [6, 6.07) is 10.1. The van der Waals surface area contributed by atoms with Crippen LogP contribution in [0, 0.1) is 5.82 Å². The van der Waals surface area contributed by atoms with Crippen molar-refractivity contribution in [1.29, 1.82) is 0 Å². The maximum atomic E-state index is 13.3. The third-order valence-corrected chi connectivity index (χ3v) is 3.96. The van der Waals surface area contributed by atoms with Gasteiger partial charge in [0.2, 0.25) is 0 Å². The normalized spacial score (nSPS) is 10.1. The molecule has 3 N–H and O–H groups in total. The summed E-state index contributed by atoms with van der Waals surface area (Å²) in [5, 5.41) is 8.35. The molecule has 0 spiro atoms. The summed E-state index contributed by atoms with van der Waals surface area (Å²) in [4.78, 5) is 23.6. The van der Waals surface area contributed by atoms with E-state index in [9.17, 15) is 14.0 Å². The van der Waals surface area contributed by atoms with E-state index in [0.717, 1.165) is 6.07 Å². The lowest BCUT2D eigenvalue weighted by atomic mass is 10.3. The van der Waals surface area contributed by atoms with Crippen LogP contribution in [0.1, 0.15) is 6.42 Å². The van der Waals surface area contributed by atoms with Crippen molar-refractivity contribution in [3.63, 3.8) is 0 Å². The minimum atomic E-state index is -0.626. The summed E-state index contributed by atoms with van der Waals surface area (Å²) < 4.78 is 18.5. The number of amides is 3. The first-order valence-electron chi connectivity index (χ1n) is 8.19. The molecule has 0 fully saturated rings. The number of nitrogens with one attached hydrogen (secondary N) is 3. The average Bonchev–Trinajstić information content (AvgIpc) is 2.64. The van der Waals surface area contributed by atoms with Crippen LogP contribution in [0.5, 0.6) is 5.75 Å². The summed E-state index contributed by atoms with van der Waals surface area (Å²) >= 11 is 11.3. The number of urea groups is 1. The zero-order chi connectivity index (χ0) is 20.5. The van der Waals surface area contributed by atoms with Gasteiger partial charge in [0.25, 0.3) is 5.91 Å². The van der Waals surface area contributed by atoms with Crippen LogP contribution in [0.3, 0.4) is 0 Å². The molecule has 28 heavy (non-hydrogen) atoms. The fourth-order valence-electron chi connectivity index (χ4n) is 2.04. The van der Waals surface area contributed by atoms with Crippen molar-refractivity contribution >= 4 is 40.8 Å². The number of hydrogen-bond donors (Lipinski definition) is 3. The Labute approximate surface area is 171 Å². The number of carbonyl (C=O) groups is 2. The molecule has 0 aliphatic carbocycles. The highest BCUT2D eigenvalue weighted by Crippen LogP contribution is 2.20. The Balaban J connectivity index is 1.64. The highest BCUT2D eigenvalue weighted by atomic mass is 35.5. The quantitative estimate of drug-likeness (QED) is 0.587. The van der Waals surface area contributed by atoms with Gasteiger partial charge in [-0.2, -0.15) is 0 Å². The Hall–Kier alpha value is -2.77. The Morgan fingerprint density at radius 2 is 1.82 bits per heavy atom. The van der Waals surface area contributed by atoms with Gasteiger partial charge < -0.3 is 20.7 Å². The second-order valence-corrected chi connectivity index (χ2v) is 6.50. The highest BCUT2D eigenvalue weighted by molar-refractivity contribution is 6.31. The summed E-state index contributed by atoms with van der Waals surface area (Å²) in [6.45, 7) is 3.70. The SMILES string of the molecule is C=C(CCNC(=O)COc1ccc(Cl)c(F)c1)NC(=O)Nc1ccc(Cl)cc1. The van der Waals surface area contributed by atoms with E-state index in [1.165, 1.54) is 12.1 Å². The molecule has 0 aliphatic rings. The molecule has 0 aliphatic heterocycles. The molecule has 0 aromatic heterocycles. The van der Waals surface area contributed by atoms with Crippen LogP contribution in [0.15, 0.2) is 54.7 Å². The van der Waals surface area contributed by atoms with E-state index in [2.05, 4.69) is 22.5 Å². The standard InChI is InChI=1S/C19H18Cl2FN3O3/c1-12(24-19(27)25-14-4-2-13(20)3-5-14)8-9-23-18(26)11-28-15-6-7-16(21)17(22)10-15/h2-7,10H,1,8-9,11H2,(H,23,26)(H2,24,25,27). The Morgan fingerprint density at radius 1 is 1.11 bits per heavy atom. The molecule has 0 atom stereocenters. The summed E-state index contributed by atoms with van der Waals surface area (Å²) in [5.74, 6) is -0.824. The van der Waals surface area contributed by atoms with Crippen LogP contribution in [-0.4, -0.2) is 25.1 Å². The van der Waals surface area contributed by atoms with Gasteiger partial charge in [-0.05, 0) is 36.4 Å². The fraction of sp³-hybridized carbons (Fsp3) is 0.158. The van der Waals surface area contributed by atoms with Crippen LogP contribution >= 0.6 is 23.2 Å². The highest BCUT2D eigenvalue weighted by Gasteiger charge is 2.07. The molecule has 3 amide bonds. The Kier molecular flexibility index (Phi) is 8.10. The van der Waals surface area contributed by atoms with E-state index in [1.54, 1.807) is 24.3 Å². The van der Waals surface area contributed by atoms with Gasteiger partial charge in [0.1, 0.15) is 11.6 Å². The van der Waals surface area contributed by atoms with Crippen molar-refractivity contribution in [2.75, 3.05) is 18.5 Å². The number of carbonyl (C=O) groups excluding carboxylic acids is 2. The monoisotopic (exact) mass is 425 g/mol. The first-order chi connectivity index (χ1) is 13.3. The zero-order valence-corrected chi connectivity index (χ0v) is 16.2. The van der Waals surface area contributed by atoms with Crippen LogP contribution in [0.25, 0.3) is 0 Å². The van der Waals surface area contributed by atoms with E-state index in [0.29, 0.717) is 22.8 Å². The molecule has 0 heterocycles. The molecule has 0 saturated carbocycles. The van der Waals surface area contributed by atoms with Crippen molar-refractivity contribution < 1.29 is 18.7 Å². The number of anilines is 1. The predicted molar refractivity (Wildman–Crippen MR) is 107 cm³/mol. The molecule has 148 valence electrons. The third-order valence-electron chi connectivity index (χ3n) is 3.40. The van der Waals surface area contributed by atoms with Crippen LogP contribution in [-0.2, 0) is 4.79 Å².